The molecule has 0 spiro atoms. The molecule has 2 aromatic carbocycles. The van der Waals surface area contributed by atoms with Crippen molar-refractivity contribution in [2.75, 3.05) is 14.2 Å². The van der Waals surface area contributed by atoms with Gasteiger partial charge in [-0.05, 0) is 113 Å². The molecule has 3 atom stereocenters. The molecule has 2 aromatic rings. The maximum absolute atomic E-state index is 10.9. The van der Waals surface area contributed by atoms with E-state index >= 15 is 0 Å². The number of allylic oxidation sites excluding steroid dienone is 4. The van der Waals surface area contributed by atoms with E-state index in [-0.39, 0.29) is 28.8 Å². The average molecular weight is 575 g/mol. The van der Waals surface area contributed by atoms with Crippen molar-refractivity contribution in [2.45, 2.75) is 98.4 Å². The molecular formula is C37H50O5. The minimum absolute atomic E-state index is 0.203. The van der Waals surface area contributed by atoms with Crippen molar-refractivity contribution in [1.29, 1.82) is 0 Å². The summed E-state index contributed by atoms with van der Waals surface area (Å²) >= 11 is 0. The van der Waals surface area contributed by atoms with Gasteiger partial charge in [-0.3, -0.25) is 0 Å². The van der Waals surface area contributed by atoms with E-state index in [1.54, 1.807) is 20.3 Å². The number of hydrogen-bond donors (Lipinski definition) is 2. The van der Waals surface area contributed by atoms with Crippen molar-refractivity contribution in [3.8, 4) is 17.2 Å². The Hall–Kier alpha value is -3.02. The van der Waals surface area contributed by atoms with Crippen molar-refractivity contribution < 1.29 is 24.4 Å². The minimum Gasteiger partial charge on any atom is -0.507 e. The summed E-state index contributed by atoms with van der Waals surface area (Å²) in [5.41, 5.74) is 6.95. The van der Waals surface area contributed by atoms with Gasteiger partial charge in [0.2, 0.25) is 0 Å². The molecule has 42 heavy (non-hydrogen) atoms. The second-order valence-electron chi connectivity index (χ2n) is 13.3. The number of methoxy groups -OCH3 is 2. The van der Waals surface area contributed by atoms with Crippen LogP contribution in [-0.4, -0.2) is 36.1 Å². The third-order valence-electron chi connectivity index (χ3n) is 9.37. The average Bonchev–Trinajstić information content (AvgIpc) is 2.93. The lowest BCUT2D eigenvalue weighted by Gasteiger charge is -2.55. The van der Waals surface area contributed by atoms with Crippen LogP contribution < -0.4 is 9.47 Å². The molecule has 2 aliphatic rings. The highest BCUT2D eigenvalue weighted by molar-refractivity contribution is 5.73. The SMILES string of the molecule is COCc1cc(/C=C/c2cc(O)c(C/C=C(\C)CCC=C(C)C)c(OC)c2)cc2c1O[C@]1(C)CC[C@@H](O)C(C)(C)[C@H]1C2. The quantitative estimate of drug-likeness (QED) is 0.220. The molecule has 0 amide bonds. The minimum atomic E-state index is -0.338. The van der Waals surface area contributed by atoms with Crippen LogP contribution in [0, 0.1) is 11.3 Å². The smallest absolute Gasteiger partial charge is 0.128 e. The third kappa shape index (κ3) is 6.95. The fraction of sp³-hybridized carbons (Fsp3) is 0.514. The molecular weight excluding hydrogens is 524 g/mol. The van der Waals surface area contributed by atoms with Crippen LogP contribution in [0.4, 0.5) is 0 Å². The number of phenolic OH excluding ortho intramolecular Hbond substituents is 1. The van der Waals surface area contributed by atoms with Crippen LogP contribution in [0.3, 0.4) is 0 Å². The predicted octanol–water partition coefficient (Wildman–Crippen LogP) is 8.44. The number of aromatic hydroxyl groups is 1. The molecule has 1 heterocycles. The van der Waals surface area contributed by atoms with E-state index < -0.39 is 0 Å². The van der Waals surface area contributed by atoms with E-state index in [0.717, 1.165) is 65.7 Å². The summed E-state index contributed by atoms with van der Waals surface area (Å²) in [4.78, 5) is 0. The van der Waals surface area contributed by atoms with Gasteiger partial charge in [0.25, 0.3) is 0 Å². The number of aliphatic hydroxyl groups excluding tert-OH is 1. The van der Waals surface area contributed by atoms with Crippen LogP contribution in [0.1, 0.15) is 95.0 Å². The molecule has 0 bridgehead atoms. The second kappa shape index (κ2) is 13.1. The van der Waals surface area contributed by atoms with E-state index in [2.05, 4.69) is 71.9 Å². The van der Waals surface area contributed by atoms with Gasteiger partial charge in [-0.25, -0.2) is 0 Å². The molecule has 2 N–H and O–H groups in total. The number of aliphatic hydroxyl groups is 1. The first-order chi connectivity index (χ1) is 19.9. The van der Waals surface area contributed by atoms with Crippen molar-refractivity contribution in [3.63, 3.8) is 0 Å². The van der Waals surface area contributed by atoms with Gasteiger partial charge in [0.15, 0.2) is 0 Å². The number of hydrogen-bond acceptors (Lipinski definition) is 5. The first kappa shape index (κ1) is 31.9. The largest absolute Gasteiger partial charge is 0.507 e. The standard InChI is InChI=1S/C37H50O5/c1-24(2)10-9-11-25(3)12-15-30-31(38)20-27(21-32(30)41-8)14-13-26-18-28-22-33-36(4,5)34(39)16-17-37(33,6)42-35(28)29(19-26)23-40-7/h10,12-14,18-21,33-34,38-39H,9,11,15-17,22-23H2,1-8H3/b14-13+,25-12+/t33-,34-,37-/m1/s1. The number of rotatable bonds is 10. The lowest BCUT2D eigenvalue weighted by atomic mass is 9.57. The predicted molar refractivity (Wildman–Crippen MR) is 172 cm³/mol. The molecule has 0 radical (unpaired) electrons. The lowest BCUT2D eigenvalue weighted by molar-refractivity contribution is -0.138. The monoisotopic (exact) mass is 574 g/mol. The van der Waals surface area contributed by atoms with Crippen LogP contribution in [0.25, 0.3) is 12.2 Å². The van der Waals surface area contributed by atoms with Gasteiger partial charge in [-0.15, -0.1) is 0 Å². The highest BCUT2D eigenvalue weighted by atomic mass is 16.5. The van der Waals surface area contributed by atoms with E-state index in [1.165, 1.54) is 11.1 Å². The Kier molecular flexibility index (Phi) is 9.95. The first-order valence-electron chi connectivity index (χ1n) is 15.3. The summed E-state index contributed by atoms with van der Waals surface area (Å²) < 4.78 is 18.0. The number of ether oxygens (including phenoxy) is 3. The van der Waals surface area contributed by atoms with Crippen LogP contribution in [0.5, 0.6) is 17.2 Å². The fourth-order valence-corrected chi connectivity index (χ4v) is 6.76. The van der Waals surface area contributed by atoms with E-state index in [0.29, 0.717) is 18.8 Å². The van der Waals surface area contributed by atoms with Crippen molar-refractivity contribution >= 4 is 12.2 Å². The summed E-state index contributed by atoms with van der Waals surface area (Å²) in [5, 5.41) is 21.8. The lowest BCUT2D eigenvalue weighted by Crippen LogP contribution is -2.58. The topological polar surface area (TPSA) is 68.2 Å². The summed E-state index contributed by atoms with van der Waals surface area (Å²) in [6, 6.07) is 8.10. The Labute approximate surface area is 252 Å². The van der Waals surface area contributed by atoms with Crippen molar-refractivity contribution in [1.82, 2.24) is 0 Å². The molecule has 228 valence electrons. The molecule has 1 aliphatic heterocycles. The van der Waals surface area contributed by atoms with Crippen LogP contribution >= 0.6 is 0 Å². The third-order valence-corrected chi connectivity index (χ3v) is 9.37. The van der Waals surface area contributed by atoms with E-state index in [1.807, 2.05) is 12.1 Å². The summed E-state index contributed by atoms with van der Waals surface area (Å²) in [7, 11) is 3.36. The normalized spacial score (nSPS) is 23.2. The maximum Gasteiger partial charge on any atom is 0.128 e. The zero-order valence-electron chi connectivity index (χ0n) is 26.8. The van der Waals surface area contributed by atoms with Gasteiger partial charge in [0.05, 0.1) is 19.8 Å². The van der Waals surface area contributed by atoms with Gasteiger partial charge in [0, 0.05) is 24.2 Å². The van der Waals surface area contributed by atoms with Crippen LogP contribution in [0.15, 0.2) is 47.6 Å². The Morgan fingerprint density at radius 3 is 2.40 bits per heavy atom. The molecule has 0 aromatic heterocycles. The van der Waals surface area contributed by atoms with Crippen molar-refractivity contribution in [3.05, 3.63) is 75.4 Å². The summed E-state index contributed by atoms with van der Waals surface area (Å²) in [6.45, 7) is 13.4. The van der Waals surface area contributed by atoms with E-state index in [9.17, 15) is 10.2 Å². The Bertz CT molecular complexity index is 1360. The van der Waals surface area contributed by atoms with E-state index in [4.69, 9.17) is 14.2 Å². The molecule has 4 rings (SSSR count). The summed E-state index contributed by atoms with van der Waals surface area (Å²) in [5.74, 6) is 2.04. The highest BCUT2D eigenvalue weighted by Gasteiger charge is 2.54. The fourth-order valence-electron chi connectivity index (χ4n) is 6.76. The number of benzene rings is 2. The Balaban J connectivity index is 1.59. The molecule has 5 nitrogen and oxygen atoms in total. The zero-order valence-corrected chi connectivity index (χ0v) is 26.8. The van der Waals surface area contributed by atoms with Gasteiger partial charge in [-0.2, -0.15) is 0 Å². The van der Waals surface area contributed by atoms with Gasteiger partial charge in [-0.1, -0.05) is 49.3 Å². The molecule has 5 heteroatoms. The zero-order chi connectivity index (χ0) is 30.7. The number of phenols is 1. The molecule has 1 saturated carbocycles. The second-order valence-corrected chi connectivity index (χ2v) is 13.3. The molecule has 0 unspecified atom stereocenters. The van der Waals surface area contributed by atoms with Crippen LogP contribution in [-0.2, 0) is 24.2 Å². The van der Waals surface area contributed by atoms with Crippen molar-refractivity contribution in [2.24, 2.45) is 11.3 Å². The maximum atomic E-state index is 10.9. The number of fused-ring (bicyclic) bond motifs is 2. The molecule has 1 aliphatic carbocycles. The van der Waals surface area contributed by atoms with Gasteiger partial charge in [0.1, 0.15) is 22.8 Å². The summed E-state index contributed by atoms with van der Waals surface area (Å²) in [6.07, 6.45) is 13.2. The van der Waals surface area contributed by atoms with Crippen LogP contribution in [0.2, 0.25) is 0 Å². The Morgan fingerprint density at radius 2 is 1.74 bits per heavy atom. The first-order valence-corrected chi connectivity index (χ1v) is 15.3. The van der Waals surface area contributed by atoms with Gasteiger partial charge < -0.3 is 24.4 Å². The Morgan fingerprint density at radius 1 is 1.02 bits per heavy atom. The van der Waals surface area contributed by atoms with Gasteiger partial charge >= 0.3 is 0 Å². The molecule has 1 fully saturated rings. The highest BCUT2D eigenvalue weighted by Crippen LogP contribution is 2.54. The molecule has 0 saturated heterocycles.